The second-order valence-corrected chi connectivity index (χ2v) is 7.10. The maximum absolute atomic E-state index is 11.6. The maximum Gasteiger partial charge on any atom is 0.336 e. The molecule has 0 heterocycles. The lowest BCUT2D eigenvalue weighted by Gasteiger charge is -2.05. The average Bonchev–Trinajstić information content (AvgIpc) is 2.68. The Morgan fingerprint density at radius 3 is 2.14 bits per heavy atom. The third-order valence-electron chi connectivity index (χ3n) is 4.83. The lowest BCUT2D eigenvalue weighted by Crippen LogP contribution is -2.01. The van der Waals surface area contributed by atoms with E-state index < -0.39 is 11.9 Å². The summed E-state index contributed by atoms with van der Waals surface area (Å²) in [6.45, 7) is 2.22. The first-order valence-electron chi connectivity index (χ1n) is 10.1. The Morgan fingerprint density at radius 1 is 0.821 bits per heavy atom. The number of aromatic carboxylic acids is 2. The van der Waals surface area contributed by atoms with Gasteiger partial charge in [-0.05, 0) is 41.5 Å². The molecule has 0 saturated carbocycles. The van der Waals surface area contributed by atoms with E-state index in [1.165, 1.54) is 44.6 Å². The zero-order chi connectivity index (χ0) is 20.4. The van der Waals surface area contributed by atoms with Crippen LogP contribution in [0.4, 0.5) is 0 Å². The summed E-state index contributed by atoms with van der Waals surface area (Å²) < 4.78 is 0. The monoisotopic (exact) mass is 380 g/mol. The summed E-state index contributed by atoms with van der Waals surface area (Å²) in [5, 5.41) is 20.0. The first-order chi connectivity index (χ1) is 13.5. The molecule has 2 aromatic rings. The molecule has 0 aliphatic carbocycles. The molecule has 4 nitrogen and oxygen atoms in total. The Morgan fingerprint density at radius 2 is 1.50 bits per heavy atom. The molecule has 0 aromatic heterocycles. The first kappa shape index (κ1) is 21.5. The number of hydrogen-bond acceptors (Lipinski definition) is 2. The number of rotatable bonds is 10. The minimum absolute atomic E-state index is 0.152. The van der Waals surface area contributed by atoms with Crippen molar-refractivity contribution in [2.75, 3.05) is 0 Å². The van der Waals surface area contributed by atoms with Gasteiger partial charge in [0.15, 0.2) is 0 Å². The number of carbonyl (C=O) groups is 2. The molecule has 0 spiro atoms. The van der Waals surface area contributed by atoms with Gasteiger partial charge in [-0.1, -0.05) is 69.8 Å². The van der Waals surface area contributed by atoms with Crippen LogP contribution in [0.1, 0.15) is 91.0 Å². The predicted octanol–water partition coefficient (Wildman–Crippen LogP) is 6.12. The number of carboxylic acid groups (broad SMARTS) is 2. The quantitative estimate of drug-likeness (QED) is 0.385. The van der Waals surface area contributed by atoms with Gasteiger partial charge in [-0.25, -0.2) is 9.59 Å². The molecule has 0 saturated heterocycles. The SMILES string of the molecule is CCCCCCCCCCC#Cc1cc2cc(C(=O)O)ccc2cc1C(=O)O. The van der Waals surface area contributed by atoms with Gasteiger partial charge in [0.25, 0.3) is 0 Å². The van der Waals surface area contributed by atoms with Crippen LogP contribution in [0.25, 0.3) is 10.8 Å². The Hall–Kier alpha value is -2.80. The number of benzene rings is 2. The molecule has 0 amide bonds. The summed E-state index contributed by atoms with van der Waals surface area (Å²) in [6.07, 6.45) is 10.6. The van der Waals surface area contributed by atoms with Gasteiger partial charge in [0.2, 0.25) is 0 Å². The zero-order valence-corrected chi connectivity index (χ0v) is 16.5. The van der Waals surface area contributed by atoms with Crippen LogP contribution < -0.4 is 0 Å². The molecule has 2 rings (SSSR count). The molecule has 28 heavy (non-hydrogen) atoms. The van der Waals surface area contributed by atoms with E-state index in [4.69, 9.17) is 5.11 Å². The highest BCUT2D eigenvalue weighted by Crippen LogP contribution is 2.22. The molecule has 0 aliphatic heterocycles. The van der Waals surface area contributed by atoms with Gasteiger partial charge in [-0.2, -0.15) is 0 Å². The minimum Gasteiger partial charge on any atom is -0.478 e. The average molecular weight is 380 g/mol. The first-order valence-corrected chi connectivity index (χ1v) is 10.1. The Kier molecular flexibility index (Phi) is 8.55. The summed E-state index contributed by atoms with van der Waals surface area (Å²) in [5.74, 6) is 4.02. The van der Waals surface area contributed by atoms with Crippen molar-refractivity contribution in [3.8, 4) is 11.8 Å². The standard InChI is InChI=1S/C24H28O4/c1-2-3-4-5-6-7-8-9-10-11-12-19-15-21-16-20(23(25)26)14-13-18(21)17-22(19)24(27)28/h13-17H,2-10H2,1H3,(H,25,26)(H,27,28). The minimum atomic E-state index is -1.03. The van der Waals surface area contributed by atoms with E-state index >= 15 is 0 Å². The predicted molar refractivity (Wildman–Crippen MR) is 112 cm³/mol. The smallest absolute Gasteiger partial charge is 0.336 e. The summed E-state index contributed by atoms with van der Waals surface area (Å²) in [5.41, 5.74) is 0.759. The Labute approximate surface area is 166 Å². The van der Waals surface area contributed by atoms with E-state index in [0.717, 1.165) is 19.3 Å². The van der Waals surface area contributed by atoms with Crippen LogP contribution in [0.3, 0.4) is 0 Å². The van der Waals surface area contributed by atoms with Crippen LogP contribution >= 0.6 is 0 Å². The molecule has 4 heteroatoms. The molecule has 0 atom stereocenters. The van der Waals surface area contributed by atoms with Crippen molar-refractivity contribution in [3.63, 3.8) is 0 Å². The summed E-state index contributed by atoms with van der Waals surface area (Å²) in [4.78, 5) is 22.7. The largest absolute Gasteiger partial charge is 0.478 e. The normalized spacial score (nSPS) is 10.5. The fourth-order valence-corrected chi connectivity index (χ4v) is 3.22. The number of unbranched alkanes of at least 4 members (excludes halogenated alkanes) is 8. The molecule has 148 valence electrons. The van der Waals surface area contributed by atoms with E-state index in [1.807, 2.05) is 0 Å². The van der Waals surface area contributed by atoms with Gasteiger partial charge >= 0.3 is 11.9 Å². The third kappa shape index (κ3) is 6.42. The van der Waals surface area contributed by atoms with Crippen molar-refractivity contribution in [2.24, 2.45) is 0 Å². The van der Waals surface area contributed by atoms with E-state index in [0.29, 0.717) is 16.3 Å². The van der Waals surface area contributed by atoms with E-state index in [9.17, 15) is 14.7 Å². The highest BCUT2D eigenvalue weighted by atomic mass is 16.4. The van der Waals surface area contributed by atoms with E-state index in [-0.39, 0.29) is 11.1 Å². The highest BCUT2D eigenvalue weighted by Gasteiger charge is 2.12. The highest BCUT2D eigenvalue weighted by molar-refractivity contribution is 6.00. The Balaban J connectivity index is 2.01. The van der Waals surface area contributed by atoms with Gasteiger partial charge < -0.3 is 10.2 Å². The van der Waals surface area contributed by atoms with Crippen molar-refractivity contribution in [2.45, 2.75) is 64.7 Å². The summed E-state index contributed by atoms with van der Waals surface area (Å²) in [7, 11) is 0. The van der Waals surface area contributed by atoms with Gasteiger partial charge in [-0.15, -0.1) is 0 Å². The van der Waals surface area contributed by atoms with Crippen molar-refractivity contribution in [3.05, 3.63) is 47.0 Å². The van der Waals surface area contributed by atoms with Crippen molar-refractivity contribution in [1.29, 1.82) is 0 Å². The lowest BCUT2D eigenvalue weighted by atomic mass is 9.99. The molecular weight excluding hydrogens is 352 g/mol. The lowest BCUT2D eigenvalue weighted by molar-refractivity contribution is 0.0685. The van der Waals surface area contributed by atoms with Gasteiger partial charge in [0.05, 0.1) is 11.1 Å². The van der Waals surface area contributed by atoms with Gasteiger partial charge in [0.1, 0.15) is 0 Å². The Bertz CT molecular complexity index is 887. The second-order valence-electron chi connectivity index (χ2n) is 7.10. The van der Waals surface area contributed by atoms with Crippen LogP contribution in [0.15, 0.2) is 30.3 Å². The molecule has 0 radical (unpaired) electrons. The number of hydrogen-bond donors (Lipinski definition) is 2. The fourth-order valence-electron chi connectivity index (χ4n) is 3.22. The molecule has 0 aliphatic rings. The topological polar surface area (TPSA) is 74.6 Å². The molecule has 0 bridgehead atoms. The fraction of sp³-hybridized carbons (Fsp3) is 0.417. The van der Waals surface area contributed by atoms with Gasteiger partial charge in [-0.3, -0.25) is 0 Å². The van der Waals surface area contributed by atoms with Crippen LogP contribution in [-0.4, -0.2) is 22.2 Å². The summed E-state index contributed by atoms with van der Waals surface area (Å²) >= 11 is 0. The maximum atomic E-state index is 11.6. The van der Waals surface area contributed by atoms with Crippen molar-refractivity contribution < 1.29 is 19.8 Å². The molecule has 0 fully saturated rings. The van der Waals surface area contributed by atoms with Crippen LogP contribution in [0.5, 0.6) is 0 Å². The zero-order valence-electron chi connectivity index (χ0n) is 16.5. The molecule has 2 aromatic carbocycles. The third-order valence-corrected chi connectivity index (χ3v) is 4.83. The van der Waals surface area contributed by atoms with Crippen LogP contribution in [0.2, 0.25) is 0 Å². The van der Waals surface area contributed by atoms with Crippen LogP contribution in [0, 0.1) is 11.8 Å². The van der Waals surface area contributed by atoms with Crippen molar-refractivity contribution in [1.82, 2.24) is 0 Å². The van der Waals surface area contributed by atoms with E-state index in [1.54, 1.807) is 24.3 Å². The summed E-state index contributed by atoms with van der Waals surface area (Å²) in [6, 6.07) is 7.88. The van der Waals surface area contributed by atoms with E-state index in [2.05, 4.69) is 18.8 Å². The molecule has 0 unspecified atom stereocenters. The van der Waals surface area contributed by atoms with Gasteiger partial charge in [0, 0.05) is 12.0 Å². The number of carboxylic acids is 2. The molecular formula is C24H28O4. The number of fused-ring (bicyclic) bond motifs is 1. The van der Waals surface area contributed by atoms with Crippen molar-refractivity contribution >= 4 is 22.7 Å². The van der Waals surface area contributed by atoms with Crippen LogP contribution in [-0.2, 0) is 0 Å². The second kappa shape index (κ2) is 11.1. The molecule has 2 N–H and O–H groups in total.